The number of halogens is 2. The van der Waals surface area contributed by atoms with Gasteiger partial charge in [0.25, 0.3) is 0 Å². The number of nitrogens with one attached hydrogen (secondary N) is 2. The lowest BCUT2D eigenvalue weighted by molar-refractivity contribution is -0.138. The molecule has 0 saturated carbocycles. The number of hydrogen-bond donors (Lipinski definition) is 5. The largest absolute Gasteiger partial charge is 0.481 e. The van der Waals surface area contributed by atoms with Crippen LogP contribution in [0, 0.1) is 0 Å². The molecule has 1 aromatic carbocycles. The number of nitrogens with zero attached hydrogens (tertiary/aromatic N) is 2. The predicted octanol–water partition coefficient (Wildman–Crippen LogP) is 1.70. The Morgan fingerprint density at radius 1 is 1.29 bits per heavy atom. The number of aliphatic hydroxyl groups excluding tert-OH is 1. The number of aromatic amines is 1. The van der Waals surface area contributed by atoms with Gasteiger partial charge in [-0.05, 0) is 12.1 Å². The summed E-state index contributed by atoms with van der Waals surface area (Å²) in [7, 11) is 0. The Morgan fingerprint density at radius 3 is 2.76 bits per heavy atom. The van der Waals surface area contributed by atoms with Gasteiger partial charge in [0.05, 0.1) is 28.5 Å². The molecule has 1 aromatic heterocycles. The van der Waals surface area contributed by atoms with Gasteiger partial charge in [-0.15, -0.1) is 0 Å². The third-order valence-electron chi connectivity index (χ3n) is 5.43. The number of carboxylic acid groups (broad SMARTS) is 1. The van der Waals surface area contributed by atoms with E-state index in [4.69, 9.17) is 34.0 Å². The van der Waals surface area contributed by atoms with Gasteiger partial charge < -0.3 is 31.1 Å². The molecule has 2 heterocycles. The second-order valence-electron chi connectivity index (χ2n) is 7.70. The number of fused-ring (bicyclic) bond motifs is 3. The number of allylic oxidation sites excluding steroid dienone is 1. The average Bonchev–Trinajstić information content (AvgIpc) is 3.20. The number of carboxylic acids is 1. The van der Waals surface area contributed by atoms with E-state index in [-0.39, 0.29) is 37.7 Å². The monoisotopic (exact) mass is 509 g/mol. The topological polar surface area (TPSA) is 161 Å². The molecule has 0 bridgehead atoms. The van der Waals surface area contributed by atoms with E-state index < -0.39 is 12.6 Å². The lowest BCUT2D eigenvalue weighted by atomic mass is 9.99. The highest BCUT2D eigenvalue weighted by molar-refractivity contribution is 6.45. The van der Waals surface area contributed by atoms with E-state index in [1.165, 1.54) is 6.21 Å². The van der Waals surface area contributed by atoms with Crippen molar-refractivity contribution >= 4 is 63.8 Å². The predicted molar refractivity (Wildman–Crippen MR) is 130 cm³/mol. The number of benzene rings is 1. The summed E-state index contributed by atoms with van der Waals surface area (Å²) in [5.74, 6) is -1.73. The zero-order valence-corrected chi connectivity index (χ0v) is 19.7. The minimum absolute atomic E-state index is 0.0818. The minimum atomic E-state index is -1.03. The van der Waals surface area contributed by atoms with Crippen molar-refractivity contribution in [3.63, 3.8) is 0 Å². The Kier molecular flexibility index (Phi) is 8.54. The van der Waals surface area contributed by atoms with Crippen LogP contribution in [0.4, 0.5) is 0 Å². The molecule has 6 N–H and O–H groups in total. The first kappa shape index (κ1) is 25.5. The number of amides is 2. The zero-order valence-electron chi connectivity index (χ0n) is 18.2. The first-order valence-electron chi connectivity index (χ1n) is 10.6. The number of aliphatic carboxylic acids is 1. The Bertz CT molecular complexity index is 1170. The van der Waals surface area contributed by atoms with Crippen molar-refractivity contribution in [2.45, 2.75) is 25.8 Å². The van der Waals surface area contributed by atoms with Crippen LogP contribution in [0.15, 0.2) is 17.1 Å². The summed E-state index contributed by atoms with van der Waals surface area (Å²) in [5.41, 5.74) is 9.78. The number of carbonyl (C=O) groups excluding carboxylic acids is 2. The summed E-state index contributed by atoms with van der Waals surface area (Å²) < 4.78 is 0. The highest BCUT2D eigenvalue weighted by Gasteiger charge is 2.27. The van der Waals surface area contributed by atoms with Gasteiger partial charge in [0.2, 0.25) is 11.8 Å². The summed E-state index contributed by atoms with van der Waals surface area (Å²) in [6, 6.07) is 1.66. The van der Waals surface area contributed by atoms with Gasteiger partial charge in [0, 0.05) is 66.6 Å². The van der Waals surface area contributed by atoms with E-state index in [1.54, 1.807) is 17.0 Å². The van der Waals surface area contributed by atoms with Crippen LogP contribution >= 0.6 is 23.2 Å². The Hall–Kier alpha value is -3.08. The maximum absolute atomic E-state index is 12.0. The van der Waals surface area contributed by atoms with Crippen molar-refractivity contribution in [1.82, 2.24) is 15.2 Å². The van der Waals surface area contributed by atoms with Crippen LogP contribution in [0.1, 0.15) is 29.7 Å². The van der Waals surface area contributed by atoms with Crippen LogP contribution in [-0.4, -0.2) is 70.3 Å². The molecular weight excluding hydrogens is 485 g/mol. The molecule has 0 unspecified atom stereocenters. The quantitative estimate of drug-likeness (QED) is 0.255. The third-order valence-corrected chi connectivity index (χ3v) is 6.22. The standard InChI is InChI=1S/C22H25Cl2N5O5/c23-14-9-12(15(25)3-5-26-6-7-27-17(31)1-2-19(33)34)20-13-10-29(18(32)11-30)8-4-16(13)28-22(20)21(14)24/h3,5,9,28,30H,1-2,4,6-8,10-11,25H2,(H,27,31)(H,33,34)/b15-3-,26-5?. The molecule has 34 heavy (non-hydrogen) atoms. The number of hydrogen-bond acceptors (Lipinski definition) is 6. The first-order chi connectivity index (χ1) is 16.2. The highest BCUT2D eigenvalue weighted by Crippen LogP contribution is 2.39. The minimum Gasteiger partial charge on any atom is -0.481 e. The summed E-state index contributed by atoms with van der Waals surface area (Å²) in [5, 5.41) is 21.8. The lowest BCUT2D eigenvalue weighted by Crippen LogP contribution is -2.37. The van der Waals surface area contributed by atoms with Gasteiger partial charge in [0.1, 0.15) is 6.61 Å². The zero-order chi connectivity index (χ0) is 24.8. The fraction of sp³-hybridized carbons (Fsp3) is 0.364. The maximum Gasteiger partial charge on any atom is 0.303 e. The number of aromatic nitrogens is 1. The Morgan fingerprint density at radius 2 is 2.06 bits per heavy atom. The van der Waals surface area contributed by atoms with E-state index in [0.717, 1.165) is 16.6 Å². The number of carbonyl (C=O) groups is 3. The smallest absolute Gasteiger partial charge is 0.303 e. The van der Waals surface area contributed by atoms with E-state index in [0.29, 0.717) is 46.3 Å². The molecular formula is C22H25Cl2N5O5. The highest BCUT2D eigenvalue weighted by atomic mass is 35.5. The second kappa shape index (κ2) is 11.4. The summed E-state index contributed by atoms with van der Waals surface area (Å²) >= 11 is 12.8. The van der Waals surface area contributed by atoms with E-state index >= 15 is 0 Å². The van der Waals surface area contributed by atoms with Crippen LogP contribution in [0.25, 0.3) is 16.6 Å². The summed E-state index contributed by atoms with van der Waals surface area (Å²) in [4.78, 5) is 43.1. The molecule has 0 aliphatic carbocycles. The van der Waals surface area contributed by atoms with Gasteiger partial charge in [-0.25, -0.2) is 0 Å². The molecule has 0 saturated heterocycles. The van der Waals surface area contributed by atoms with Crippen molar-refractivity contribution in [1.29, 1.82) is 0 Å². The molecule has 0 atom stereocenters. The molecule has 0 radical (unpaired) electrons. The molecule has 10 nitrogen and oxygen atoms in total. The molecule has 2 amide bonds. The van der Waals surface area contributed by atoms with E-state index in [9.17, 15) is 19.5 Å². The van der Waals surface area contributed by atoms with Crippen molar-refractivity contribution < 1.29 is 24.6 Å². The van der Waals surface area contributed by atoms with Crippen LogP contribution in [0.3, 0.4) is 0 Å². The number of aliphatic imine (C=N–C) groups is 1. The number of H-pyrrole nitrogens is 1. The lowest BCUT2D eigenvalue weighted by Gasteiger charge is -2.27. The second-order valence-corrected chi connectivity index (χ2v) is 8.48. The number of aliphatic hydroxyl groups is 1. The molecule has 12 heteroatoms. The molecule has 1 aliphatic rings. The molecule has 2 aromatic rings. The van der Waals surface area contributed by atoms with E-state index in [2.05, 4.69) is 15.3 Å². The van der Waals surface area contributed by atoms with E-state index in [1.807, 2.05) is 0 Å². The van der Waals surface area contributed by atoms with Crippen molar-refractivity contribution in [3.05, 3.63) is 39.0 Å². The van der Waals surface area contributed by atoms with Gasteiger partial charge >= 0.3 is 5.97 Å². The Labute approximate surface area is 205 Å². The number of rotatable bonds is 9. The van der Waals surface area contributed by atoms with Crippen LogP contribution < -0.4 is 11.1 Å². The average molecular weight is 510 g/mol. The number of nitrogens with two attached hydrogens (primary N) is 1. The Balaban J connectivity index is 1.77. The van der Waals surface area contributed by atoms with Gasteiger partial charge in [-0.3, -0.25) is 19.4 Å². The molecule has 0 fully saturated rings. The van der Waals surface area contributed by atoms with Gasteiger partial charge in [-0.1, -0.05) is 23.2 Å². The first-order valence-corrected chi connectivity index (χ1v) is 11.3. The van der Waals surface area contributed by atoms with Crippen molar-refractivity contribution in [2.24, 2.45) is 10.7 Å². The van der Waals surface area contributed by atoms with Gasteiger partial charge in [-0.2, -0.15) is 0 Å². The third kappa shape index (κ3) is 5.88. The van der Waals surface area contributed by atoms with Crippen LogP contribution in [0.2, 0.25) is 10.0 Å². The summed E-state index contributed by atoms with van der Waals surface area (Å²) in [6.07, 6.45) is 3.38. The molecule has 182 valence electrons. The molecule has 0 spiro atoms. The molecule has 1 aliphatic heterocycles. The van der Waals surface area contributed by atoms with Crippen LogP contribution in [-0.2, 0) is 27.3 Å². The van der Waals surface area contributed by atoms with Crippen molar-refractivity contribution in [2.75, 3.05) is 26.2 Å². The van der Waals surface area contributed by atoms with Crippen molar-refractivity contribution in [3.8, 4) is 0 Å². The summed E-state index contributed by atoms with van der Waals surface area (Å²) in [6.45, 7) is 0.778. The molecule has 3 rings (SSSR count). The van der Waals surface area contributed by atoms with Crippen LogP contribution in [0.5, 0.6) is 0 Å². The fourth-order valence-electron chi connectivity index (χ4n) is 3.75. The maximum atomic E-state index is 12.0. The normalized spacial score (nSPS) is 14.0. The SMILES string of the molecule is N/C(=C\C=NCCNC(=O)CCC(=O)O)c1cc(Cl)c(Cl)c2[nH]c3c(c12)CN(C(=O)CO)CC3. The fourth-order valence-corrected chi connectivity index (χ4v) is 4.15. The van der Waals surface area contributed by atoms with Gasteiger partial charge in [0.15, 0.2) is 0 Å².